The summed E-state index contributed by atoms with van der Waals surface area (Å²) in [4.78, 5) is 16.0. The van der Waals surface area contributed by atoms with Gasteiger partial charge in [0.15, 0.2) is 5.82 Å². The third-order valence-electron chi connectivity index (χ3n) is 13.0. The lowest BCUT2D eigenvalue weighted by Crippen LogP contribution is -2.10. The molecule has 0 atom stereocenters. The molecule has 298 valence electrons. The van der Waals surface area contributed by atoms with Crippen LogP contribution in [0, 0.1) is 0 Å². The first-order valence-corrected chi connectivity index (χ1v) is 21.6. The van der Waals surface area contributed by atoms with E-state index in [-0.39, 0.29) is 0 Å². The molecule has 0 radical (unpaired) electrons. The number of rotatable bonds is 5. The van der Waals surface area contributed by atoms with Crippen LogP contribution in [0.3, 0.4) is 0 Å². The standard InChI is InChI=1S/C57H35N7/c1-2-16-37(17-3-1)61-49-28-14-8-22-43(49)53-51(61)34-35-52-54(53)44-23-9-15-29-50(44)62(52)38-32-30-36(31-33-38)55-58-56(63-45-24-10-4-18-39(45)40-19-5-11-25-46(40)63)60-57(59-55)64-47-26-12-6-20-41(47)42-21-7-13-27-48(42)64/h1-35H. The summed E-state index contributed by atoms with van der Waals surface area (Å²) in [6.45, 7) is 0. The second-order valence-electron chi connectivity index (χ2n) is 16.4. The molecule has 0 fully saturated rings. The minimum atomic E-state index is 0.560. The zero-order valence-electron chi connectivity index (χ0n) is 34.3. The van der Waals surface area contributed by atoms with E-state index in [2.05, 4.69) is 231 Å². The number of fused-ring (bicyclic) bond motifs is 13. The van der Waals surface area contributed by atoms with Crippen molar-refractivity contribution >= 4 is 87.2 Å². The summed E-state index contributed by atoms with van der Waals surface area (Å²) >= 11 is 0. The SMILES string of the molecule is c1ccc(-n2c3ccccc3c3c4c5ccccc5n(-c5ccc(-c6nc(-n7c8ccccc8c8ccccc87)nc(-n7c8ccccc8c8ccccc87)n6)cc5)c4ccc32)cc1. The molecule has 0 aliphatic heterocycles. The van der Waals surface area contributed by atoms with Crippen molar-refractivity contribution in [3.05, 3.63) is 212 Å². The summed E-state index contributed by atoms with van der Waals surface area (Å²) in [5.74, 6) is 1.71. The molecule has 0 amide bonds. The van der Waals surface area contributed by atoms with Gasteiger partial charge in [-0.25, -0.2) is 0 Å². The smallest absolute Gasteiger partial charge is 0.240 e. The Labute approximate surface area is 366 Å². The number of hydrogen-bond acceptors (Lipinski definition) is 3. The first-order chi connectivity index (χ1) is 31.8. The Hall–Kier alpha value is -8.81. The zero-order chi connectivity index (χ0) is 41.9. The predicted molar refractivity (Wildman–Crippen MR) is 263 cm³/mol. The van der Waals surface area contributed by atoms with Crippen LogP contribution in [0.15, 0.2) is 212 Å². The lowest BCUT2D eigenvalue weighted by molar-refractivity contribution is 0.893. The highest BCUT2D eigenvalue weighted by atomic mass is 15.3. The summed E-state index contributed by atoms with van der Waals surface area (Å²) < 4.78 is 9.13. The van der Waals surface area contributed by atoms with Crippen molar-refractivity contribution in [3.8, 4) is 34.7 Å². The van der Waals surface area contributed by atoms with Crippen LogP contribution in [-0.4, -0.2) is 33.2 Å². The van der Waals surface area contributed by atoms with Gasteiger partial charge in [0.05, 0.1) is 44.1 Å². The van der Waals surface area contributed by atoms with E-state index < -0.39 is 0 Å². The van der Waals surface area contributed by atoms with E-state index in [1.54, 1.807) is 0 Å². The zero-order valence-corrected chi connectivity index (χ0v) is 34.3. The summed E-state index contributed by atoms with van der Waals surface area (Å²) in [7, 11) is 0. The Kier molecular flexibility index (Phi) is 7.27. The monoisotopic (exact) mass is 817 g/mol. The lowest BCUT2D eigenvalue weighted by atomic mass is 10.1. The molecule has 0 aliphatic carbocycles. The molecule has 0 aliphatic rings. The van der Waals surface area contributed by atoms with Gasteiger partial charge in [-0.2, -0.15) is 15.0 Å². The maximum absolute atomic E-state index is 5.34. The highest BCUT2D eigenvalue weighted by Crippen LogP contribution is 2.43. The van der Waals surface area contributed by atoms with E-state index >= 15 is 0 Å². The van der Waals surface area contributed by atoms with Crippen LogP contribution in [-0.2, 0) is 0 Å². The fourth-order valence-corrected chi connectivity index (χ4v) is 10.4. The first-order valence-electron chi connectivity index (χ1n) is 21.6. The number of benzene rings is 9. The van der Waals surface area contributed by atoms with Crippen LogP contribution >= 0.6 is 0 Å². The van der Waals surface area contributed by atoms with Gasteiger partial charge in [0, 0.05) is 60.0 Å². The Bertz CT molecular complexity index is 3950. The third-order valence-corrected chi connectivity index (χ3v) is 13.0. The molecular weight excluding hydrogens is 783 g/mol. The fraction of sp³-hybridized carbons (Fsp3) is 0. The van der Waals surface area contributed by atoms with Crippen LogP contribution < -0.4 is 0 Å². The van der Waals surface area contributed by atoms with E-state index in [0.717, 1.165) is 71.6 Å². The molecule has 14 rings (SSSR count). The molecule has 7 heteroatoms. The van der Waals surface area contributed by atoms with Crippen molar-refractivity contribution < 1.29 is 0 Å². The average molecular weight is 818 g/mol. The molecule has 5 heterocycles. The molecule has 64 heavy (non-hydrogen) atoms. The number of para-hydroxylation sites is 7. The Morgan fingerprint density at radius 3 is 0.969 bits per heavy atom. The van der Waals surface area contributed by atoms with Crippen molar-refractivity contribution in [3.63, 3.8) is 0 Å². The molecule has 0 unspecified atom stereocenters. The van der Waals surface area contributed by atoms with Crippen LogP contribution in [0.4, 0.5) is 0 Å². The van der Waals surface area contributed by atoms with E-state index in [1.807, 2.05) is 0 Å². The van der Waals surface area contributed by atoms with E-state index in [1.165, 1.54) is 32.6 Å². The normalized spacial score (nSPS) is 12.1. The molecular formula is C57H35N7. The van der Waals surface area contributed by atoms with Gasteiger partial charge in [0.2, 0.25) is 11.9 Å². The van der Waals surface area contributed by atoms with E-state index in [0.29, 0.717) is 17.7 Å². The quantitative estimate of drug-likeness (QED) is 0.174. The molecule has 0 N–H and O–H groups in total. The van der Waals surface area contributed by atoms with E-state index in [4.69, 9.17) is 15.0 Å². The van der Waals surface area contributed by atoms with Crippen molar-refractivity contribution in [2.24, 2.45) is 0 Å². The highest BCUT2D eigenvalue weighted by molar-refractivity contribution is 6.29. The van der Waals surface area contributed by atoms with Gasteiger partial charge in [-0.15, -0.1) is 0 Å². The minimum absolute atomic E-state index is 0.560. The molecule has 7 nitrogen and oxygen atoms in total. The largest absolute Gasteiger partial charge is 0.309 e. The maximum Gasteiger partial charge on any atom is 0.240 e. The molecule has 0 saturated heterocycles. The number of nitrogens with zero attached hydrogens (tertiary/aromatic N) is 7. The van der Waals surface area contributed by atoms with Gasteiger partial charge < -0.3 is 9.13 Å². The second-order valence-corrected chi connectivity index (χ2v) is 16.4. The molecule has 5 aromatic heterocycles. The third kappa shape index (κ3) is 4.89. The predicted octanol–water partition coefficient (Wildman–Crippen LogP) is 13.9. The van der Waals surface area contributed by atoms with Gasteiger partial charge in [-0.3, -0.25) is 9.13 Å². The van der Waals surface area contributed by atoms with Crippen LogP contribution in [0.1, 0.15) is 0 Å². The average Bonchev–Trinajstić information content (AvgIpc) is 4.09. The summed E-state index contributed by atoms with van der Waals surface area (Å²) in [6.07, 6.45) is 0. The molecule has 0 bridgehead atoms. The maximum atomic E-state index is 5.34. The summed E-state index contributed by atoms with van der Waals surface area (Å²) in [5.41, 5.74) is 11.9. The van der Waals surface area contributed by atoms with Crippen LogP contribution in [0.5, 0.6) is 0 Å². The van der Waals surface area contributed by atoms with Gasteiger partial charge in [0.25, 0.3) is 0 Å². The van der Waals surface area contributed by atoms with Crippen LogP contribution in [0.2, 0.25) is 0 Å². The molecule has 14 aromatic rings. The summed E-state index contributed by atoms with van der Waals surface area (Å²) in [6, 6.07) is 75.4. The van der Waals surface area contributed by atoms with Gasteiger partial charge in [-0.05, 0) is 84.9 Å². The highest BCUT2D eigenvalue weighted by Gasteiger charge is 2.23. The fourth-order valence-electron chi connectivity index (χ4n) is 10.4. The van der Waals surface area contributed by atoms with Gasteiger partial charge >= 0.3 is 0 Å². The topological polar surface area (TPSA) is 58.4 Å². The lowest BCUT2D eigenvalue weighted by Gasteiger charge is -2.13. The molecule has 9 aromatic carbocycles. The number of hydrogen-bond donors (Lipinski definition) is 0. The minimum Gasteiger partial charge on any atom is -0.309 e. The van der Waals surface area contributed by atoms with Crippen molar-refractivity contribution in [1.29, 1.82) is 0 Å². The Morgan fingerprint density at radius 2 is 0.562 bits per heavy atom. The number of aromatic nitrogens is 7. The van der Waals surface area contributed by atoms with Gasteiger partial charge in [0.1, 0.15) is 0 Å². The summed E-state index contributed by atoms with van der Waals surface area (Å²) in [5, 5.41) is 9.54. The van der Waals surface area contributed by atoms with Crippen LogP contribution in [0.25, 0.3) is 122 Å². The van der Waals surface area contributed by atoms with Crippen molar-refractivity contribution in [2.75, 3.05) is 0 Å². The van der Waals surface area contributed by atoms with Gasteiger partial charge in [-0.1, -0.05) is 127 Å². The Balaban J connectivity index is 0.992. The Morgan fingerprint density at radius 1 is 0.234 bits per heavy atom. The van der Waals surface area contributed by atoms with E-state index in [9.17, 15) is 0 Å². The molecule has 0 spiro atoms. The van der Waals surface area contributed by atoms with Crippen molar-refractivity contribution in [2.45, 2.75) is 0 Å². The van der Waals surface area contributed by atoms with Crippen molar-refractivity contribution in [1.82, 2.24) is 33.2 Å². The molecule has 0 saturated carbocycles. The first kappa shape index (κ1) is 34.9. The second kappa shape index (κ2) is 13.3.